The third kappa shape index (κ3) is 2.92. The highest BCUT2D eigenvalue weighted by Gasteiger charge is 2.72. The molecule has 4 aliphatic rings. The molecule has 8 nitrogen and oxygen atoms in total. The molecule has 6 atom stereocenters. The molecule has 1 spiro atoms. The smallest absolute Gasteiger partial charge is 0.313 e. The number of cyclic esters (lactones) is 1. The van der Waals surface area contributed by atoms with E-state index in [1.54, 1.807) is 30.1 Å². The molecule has 4 aliphatic heterocycles. The summed E-state index contributed by atoms with van der Waals surface area (Å²) >= 11 is 0. The van der Waals surface area contributed by atoms with Gasteiger partial charge in [0.1, 0.15) is 24.2 Å². The van der Waals surface area contributed by atoms with Gasteiger partial charge in [-0.15, -0.1) is 0 Å². The molecule has 0 saturated carbocycles. The largest absolute Gasteiger partial charge is 0.461 e. The van der Waals surface area contributed by atoms with E-state index in [-0.39, 0.29) is 25.0 Å². The zero-order valence-electron chi connectivity index (χ0n) is 16.8. The lowest BCUT2D eigenvalue weighted by molar-refractivity contribution is -0.154. The molecule has 1 unspecified atom stereocenters. The average molecular weight is 404 g/mol. The molecular weight excluding hydrogens is 376 g/mol. The standard InChI is InChI=1S/C21H28N2O6/c1-3-4-9-22-10-6-8-21-16(15-14(29-21)7-5-11-28-20(15)27)18(25)23(13(2)12-24)17(21)19(22)26/h5-8,13-17,24H,3-4,9-12H2,1-2H3/t13-,14-,15+,16+,17?,21+/m1/s1. The highest BCUT2D eigenvalue weighted by molar-refractivity contribution is 5.99. The lowest BCUT2D eigenvalue weighted by Crippen LogP contribution is -2.57. The molecule has 0 aromatic heterocycles. The van der Waals surface area contributed by atoms with Crippen LogP contribution in [0.25, 0.3) is 0 Å². The number of hydrogen-bond donors (Lipinski definition) is 1. The summed E-state index contributed by atoms with van der Waals surface area (Å²) in [6.45, 7) is 4.63. The van der Waals surface area contributed by atoms with Crippen molar-refractivity contribution >= 4 is 17.8 Å². The molecular formula is C21H28N2O6. The summed E-state index contributed by atoms with van der Waals surface area (Å²) in [5.74, 6) is -2.69. The van der Waals surface area contributed by atoms with E-state index < -0.39 is 41.6 Å². The number of hydrogen-bond acceptors (Lipinski definition) is 6. The molecule has 29 heavy (non-hydrogen) atoms. The number of carbonyl (C=O) groups is 3. The number of rotatable bonds is 5. The van der Waals surface area contributed by atoms with Crippen LogP contribution in [0.2, 0.25) is 0 Å². The van der Waals surface area contributed by atoms with Gasteiger partial charge in [-0.2, -0.15) is 0 Å². The van der Waals surface area contributed by atoms with Crippen molar-refractivity contribution in [3.63, 3.8) is 0 Å². The maximum absolute atomic E-state index is 13.6. The van der Waals surface area contributed by atoms with Crippen LogP contribution < -0.4 is 0 Å². The number of likely N-dealkylation sites (tertiary alicyclic amines) is 1. The van der Waals surface area contributed by atoms with Crippen LogP contribution in [0, 0.1) is 11.8 Å². The fourth-order valence-corrected chi connectivity index (χ4v) is 5.07. The maximum Gasteiger partial charge on any atom is 0.313 e. The molecule has 2 amide bonds. The maximum atomic E-state index is 13.6. The summed E-state index contributed by atoms with van der Waals surface area (Å²) < 4.78 is 11.6. The molecule has 0 radical (unpaired) electrons. The van der Waals surface area contributed by atoms with Crippen LogP contribution in [-0.4, -0.2) is 82.8 Å². The van der Waals surface area contributed by atoms with Gasteiger partial charge in [0.15, 0.2) is 0 Å². The van der Waals surface area contributed by atoms with Gasteiger partial charge in [0, 0.05) is 13.1 Å². The molecule has 158 valence electrons. The Morgan fingerprint density at radius 3 is 2.79 bits per heavy atom. The highest BCUT2D eigenvalue weighted by Crippen LogP contribution is 2.53. The Morgan fingerprint density at radius 1 is 1.28 bits per heavy atom. The molecule has 8 heteroatoms. The monoisotopic (exact) mass is 404 g/mol. The summed E-state index contributed by atoms with van der Waals surface area (Å²) in [7, 11) is 0. The van der Waals surface area contributed by atoms with Crippen molar-refractivity contribution in [2.24, 2.45) is 11.8 Å². The van der Waals surface area contributed by atoms with Crippen molar-refractivity contribution < 1.29 is 29.0 Å². The lowest BCUT2D eigenvalue weighted by atomic mass is 9.78. The second-order valence-corrected chi connectivity index (χ2v) is 8.22. The lowest BCUT2D eigenvalue weighted by Gasteiger charge is -2.37. The molecule has 2 saturated heterocycles. The van der Waals surface area contributed by atoms with Gasteiger partial charge >= 0.3 is 5.97 Å². The molecule has 0 aromatic carbocycles. The van der Waals surface area contributed by atoms with E-state index in [1.807, 2.05) is 6.08 Å². The quantitative estimate of drug-likeness (QED) is 0.522. The van der Waals surface area contributed by atoms with Gasteiger partial charge in [-0.1, -0.05) is 31.6 Å². The summed E-state index contributed by atoms with van der Waals surface area (Å²) in [4.78, 5) is 43.0. The summed E-state index contributed by atoms with van der Waals surface area (Å²) in [5.41, 5.74) is -1.24. The first kappa shape index (κ1) is 20.1. The fourth-order valence-electron chi connectivity index (χ4n) is 5.07. The Morgan fingerprint density at radius 2 is 2.07 bits per heavy atom. The minimum Gasteiger partial charge on any atom is -0.461 e. The first-order chi connectivity index (χ1) is 14.0. The van der Waals surface area contributed by atoms with E-state index in [0.717, 1.165) is 12.8 Å². The van der Waals surface area contributed by atoms with Crippen molar-refractivity contribution in [3.05, 3.63) is 24.3 Å². The summed E-state index contributed by atoms with van der Waals surface area (Å²) in [6.07, 6.45) is 8.30. The van der Waals surface area contributed by atoms with Crippen LogP contribution in [0.15, 0.2) is 24.3 Å². The number of esters is 1. The zero-order valence-corrected chi connectivity index (χ0v) is 16.8. The SMILES string of the molecule is CCCCN1CC=C[C@]23O[C@@H]4C=CCOC(=O)[C@@H]4[C@H]2C(=O)N([C@H](C)CO)C3C1=O. The van der Waals surface area contributed by atoms with E-state index in [2.05, 4.69) is 6.92 Å². The zero-order chi connectivity index (χ0) is 20.8. The number of unbranched alkanes of at least 4 members (excludes halogenated alkanes) is 1. The van der Waals surface area contributed by atoms with Gasteiger partial charge in [0.2, 0.25) is 11.8 Å². The molecule has 1 N–H and O–H groups in total. The van der Waals surface area contributed by atoms with Crippen LogP contribution in [0.3, 0.4) is 0 Å². The van der Waals surface area contributed by atoms with Crippen LogP contribution in [0.4, 0.5) is 0 Å². The number of fused-ring (bicyclic) bond motifs is 2. The van der Waals surface area contributed by atoms with E-state index in [9.17, 15) is 19.5 Å². The van der Waals surface area contributed by atoms with Crippen LogP contribution in [-0.2, 0) is 23.9 Å². The second kappa shape index (κ2) is 7.57. The van der Waals surface area contributed by atoms with Crippen molar-refractivity contribution in [1.82, 2.24) is 9.80 Å². The minimum atomic E-state index is -1.24. The van der Waals surface area contributed by atoms with Crippen LogP contribution in [0.5, 0.6) is 0 Å². The van der Waals surface area contributed by atoms with E-state index >= 15 is 0 Å². The molecule has 4 rings (SSSR count). The molecule has 2 fully saturated rings. The Balaban J connectivity index is 1.81. The van der Waals surface area contributed by atoms with E-state index in [1.165, 1.54) is 4.90 Å². The predicted molar refractivity (Wildman–Crippen MR) is 102 cm³/mol. The Hall–Kier alpha value is -2.19. The number of nitrogens with zero attached hydrogens (tertiary/aromatic N) is 2. The van der Waals surface area contributed by atoms with Gasteiger partial charge in [-0.25, -0.2) is 0 Å². The van der Waals surface area contributed by atoms with Crippen molar-refractivity contribution in [1.29, 1.82) is 0 Å². The Labute approximate surface area is 170 Å². The average Bonchev–Trinajstić information content (AvgIpc) is 3.02. The first-order valence-electron chi connectivity index (χ1n) is 10.4. The molecule has 0 aromatic rings. The number of amides is 2. The Kier molecular flexibility index (Phi) is 5.25. The molecule has 0 aliphatic carbocycles. The number of aliphatic hydroxyl groups is 1. The van der Waals surface area contributed by atoms with Crippen LogP contribution >= 0.6 is 0 Å². The van der Waals surface area contributed by atoms with Gasteiger partial charge in [-0.05, 0) is 19.4 Å². The number of aliphatic hydroxyl groups excluding tert-OH is 1. The number of ether oxygens (including phenoxy) is 2. The van der Waals surface area contributed by atoms with E-state index in [4.69, 9.17) is 9.47 Å². The van der Waals surface area contributed by atoms with Gasteiger partial charge < -0.3 is 24.4 Å². The van der Waals surface area contributed by atoms with Gasteiger partial charge in [-0.3, -0.25) is 14.4 Å². The highest BCUT2D eigenvalue weighted by atomic mass is 16.6. The Bertz CT molecular complexity index is 764. The molecule has 0 bridgehead atoms. The number of carbonyl (C=O) groups excluding carboxylic acids is 3. The predicted octanol–water partition coefficient (Wildman–Crippen LogP) is 0.260. The first-order valence-corrected chi connectivity index (χ1v) is 10.4. The van der Waals surface area contributed by atoms with E-state index in [0.29, 0.717) is 13.1 Å². The minimum absolute atomic E-state index is 0.142. The van der Waals surface area contributed by atoms with Gasteiger partial charge in [0.25, 0.3) is 0 Å². The van der Waals surface area contributed by atoms with Gasteiger partial charge in [0.05, 0.1) is 24.7 Å². The van der Waals surface area contributed by atoms with Crippen LogP contribution in [0.1, 0.15) is 26.7 Å². The van der Waals surface area contributed by atoms with Crippen molar-refractivity contribution in [2.75, 3.05) is 26.3 Å². The third-order valence-corrected chi connectivity index (χ3v) is 6.46. The topological polar surface area (TPSA) is 96.4 Å². The third-order valence-electron chi connectivity index (χ3n) is 6.46. The molecule has 4 heterocycles. The van der Waals surface area contributed by atoms with Crippen molar-refractivity contribution in [2.45, 2.75) is 50.5 Å². The summed E-state index contributed by atoms with van der Waals surface area (Å²) in [5, 5.41) is 9.78. The normalized spacial score (nSPS) is 37.0. The second-order valence-electron chi connectivity index (χ2n) is 8.22. The summed E-state index contributed by atoms with van der Waals surface area (Å²) in [6, 6.07) is -1.48. The van der Waals surface area contributed by atoms with Crippen molar-refractivity contribution in [3.8, 4) is 0 Å². The fraction of sp³-hybridized carbons (Fsp3) is 0.667.